The first kappa shape index (κ1) is 17.9. The summed E-state index contributed by atoms with van der Waals surface area (Å²) < 4.78 is 0. The summed E-state index contributed by atoms with van der Waals surface area (Å²) in [5.41, 5.74) is 2.98. The number of benzene rings is 2. The van der Waals surface area contributed by atoms with Crippen molar-refractivity contribution in [1.29, 1.82) is 0 Å². The van der Waals surface area contributed by atoms with E-state index < -0.39 is 0 Å². The summed E-state index contributed by atoms with van der Waals surface area (Å²) in [5.74, 6) is 0.602. The molecule has 2 N–H and O–H groups in total. The summed E-state index contributed by atoms with van der Waals surface area (Å²) in [5, 5.41) is 12.4. The van der Waals surface area contributed by atoms with Crippen molar-refractivity contribution in [3.8, 4) is 5.75 Å². The fourth-order valence-electron chi connectivity index (χ4n) is 2.63. The number of carbonyl (C=O) groups excluding carboxylic acids is 1. The quantitative estimate of drug-likeness (QED) is 0.812. The molecule has 0 aliphatic rings. The van der Waals surface area contributed by atoms with Gasteiger partial charge in [0, 0.05) is 18.8 Å². The molecular weight excluding hydrogens is 300 g/mol. The zero-order chi connectivity index (χ0) is 17.5. The molecule has 0 radical (unpaired) electrons. The molecule has 2 rings (SSSR count). The van der Waals surface area contributed by atoms with Gasteiger partial charge in [-0.3, -0.25) is 0 Å². The minimum Gasteiger partial charge on any atom is -0.508 e. The van der Waals surface area contributed by atoms with E-state index in [1.165, 1.54) is 0 Å². The highest BCUT2D eigenvalue weighted by Gasteiger charge is 2.16. The normalized spacial score (nSPS) is 10.7. The molecule has 4 nitrogen and oxygen atoms in total. The largest absolute Gasteiger partial charge is 0.508 e. The van der Waals surface area contributed by atoms with Crippen LogP contribution in [0, 0.1) is 5.92 Å². The van der Waals surface area contributed by atoms with Crippen molar-refractivity contribution in [3.63, 3.8) is 0 Å². The van der Waals surface area contributed by atoms with E-state index in [4.69, 9.17) is 0 Å². The van der Waals surface area contributed by atoms with E-state index in [-0.39, 0.29) is 11.8 Å². The molecule has 128 valence electrons. The van der Waals surface area contributed by atoms with Crippen molar-refractivity contribution in [2.75, 3.05) is 11.9 Å². The Kier molecular flexibility index (Phi) is 6.24. The first-order valence-corrected chi connectivity index (χ1v) is 8.41. The van der Waals surface area contributed by atoms with Gasteiger partial charge >= 0.3 is 6.03 Å². The van der Waals surface area contributed by atoms with Crippen LogP contribution in [0.2, 0.25) is 0 Å². The van der Waals surface area contributed by atoms with Crippen LogP contribution >= 0.6 is 0 Å². The molecule has 0 aliphatic carbocycles. The molecule has 0 unspecified atom stereocenters. The SMILES string of the molecule is CCc1ccccc1NC(=O)N(Cc1ccc(O)cc1)CC(C)C. The fraction of sp³-hybridized carbons (Fsp3) is 0.350. The summed E-state index contributed by atoms with van der Waals surface area (Å²) in [6.07, 6.45) is 0.874. The van der Waals surface area contributed by atoms with E-state index >= 15 is 0 Å². The molecule has 2 amide bonds. The zero-order valence-corrected chi connectivity index (χ0v) is 14.6. The molecule has 0 aromatic heterocycles. The second kappa shape index (κ2) is 8.39. The number of phenolic OH excluding ortho intramolecular Hbond substituents is 1. The monoisotopic (exact) mass is 326 g/mol. The van der Waals surface area contributed by atoms with Crippen molar-refractivity contribution in [2.24, 2.45) is 5.92 Å². The Morgan fingerprint density at radius 3 is 2.42 bits per heavy atom. The molecule has 0 bridgehead atoms. The number of aryl methyl sites for hydroxylation is 1. The van der Waals surface area contributed by atoms with Crippen LogP contribution in [0.15, 0.2) is 48.5 Å². The molecule has 0 atom stereocenters. The summed E-state index contributed by atoms with van der Waals surface area (Å²) in [7, 11) is 0. The molecule has 4 heteroatoms. The van der Waals surface area contributed by atoms with Crippen LogP contribution in [0.5, 0.6) is 5.75 Å². The molecule has 0 saturated heterocycles. The average molecular weight is 326 g/mol. The maximum absolute atomic E-state index is 12.8. The molecule has 2 aromatic rings. The van der Waals surface area contributed by atoms with Gasteiger partial charge in [0.2, 0.25) is 0 Å². The number of aromatic hydroxyl groups is 1. The number of urea groups is 1. The van der Waals surface area contributed by atoms with Crippen LogP contribution in [0.3, 0.4) is 0 Å². The minimum atomic E-state index is -0.0994. The summed E-state index contributed by atoms with van der Waals surface area (Å²) in [4.78, 5) is 14.6. The number of carbonyl (C=O) groups is 1. The zero-order valence-electron chi connectivity index (χ0n) is 14.6. The second-order valence-electron chi connectivity index (χ2n) is 6.38. The van der Waals surface area contributed by atoms with Crippen molar-refractivity contribution >= 4 is 11.7 Å². The van der Waals surface area contributed by atoms with Crippen LogP contribution in [0.1, 0.15) is 31.9 Å². The smallest absolute Gasteiger partial charge is 0.322 e. The van der Waals surface area contributed by atoms with Crippen LogP contribution in [-0.2, 0) is 13.0 Å². The molecule has 0 aliphatic heterocycles. The molecule has 0 heterocycles. The number of anilines is 1. The maximum atomic E-state index is 12.8. The van der Waals surface area contributed by atoms with E-state index in [1.54, 1.807) is 12.1 Å². The van der Waals surface area contributed by atoms with Gasteiger partial charge in [-0.2, -0.15) is 0 Å². The Hall–Kier alpha value is -2.49. The Bertz CT molecular complexity index is 666. The molecule has 0 fully saturated rings. The highest BCUT2D eigenvalue weighted by molar-refractivity contribution is 5.90. The second-order valence-corrected chi connectivity index (χ2v) is 6.38. The van der Waals surface area contributed by atoms with Crippen LogP contribution < -0.4 is 5.32 Å². The van der Waals surface area contributed by atoms with E-state index in [0.717, 1.165) is 23.2 Å². The van der Waals surface area contributed by atoms with Crippen LogP contribution in [-0.4, -0.2) is 22.6 Å². The average Bonchev–Trinajstić information content (AvgIpc) is 2.56. The van der Waals surface area contributed by atoms with Crippen LogP contribution in [0.25, 0.3) is 0 Å². The van der Waals surface area contributed by atoms with E-state index in [2.05, 4.69) is 26.1 Å². The highest BCUT2D eigenvalue weighted by atomic mass is 16.3. The number of phenols is 1. The number of nitrogens with zero attached hydrogens (tertiary/aromatic N) is 1. The number of nitrogens with one attached hydrogen (secondary N) is 1. The van der Waals surface area contributed by atoms with E-state index in [1.807, 2.05) is 41.3 Å². The third-order valence-corrected chi connectivity index (χ3v) is 3.82. The maximum Gasteiger partial charge on any atom is 0.322 e. The fourth-order valence-corrected chi connectivity index (χ4v) is 2.63. The first-order valence-electron chi connectivity index (χ1n) is 8.41. The lowest BCUT2D eigenvalue weighted by Gasteiger charge is -2.25. The predicted molar refractivity (Wildman–Crippen MR) is 98.2 cm³/mol. The first-order chi connectivity index (χ1) is 11.5. The van der Waals surface area contributed by atoms with Crippen LogP contribution in [0.4, 0.5) is 10.5 Å². The third-order valence-electron chi connectivity index (χ3n) is 3.82. The summed E-state index contributed by atoms with van der Waals surface area (Å²) >= 11 is 0. The van der Waals surface area contributed by atoms with Crippen molar-refractivity contribution < 1.29 is 9.90 Å². The Morgan fingerprint density at radius 2 is 1.79 bits per heavy atom. The number of rotatable bonds is 6. The predicted octanol–water partition coefficient (Wildman–Crippen LogP) is 4.64. The lowest BCUT2D eigenvalue weighted by molar-refractivity contribution is 0.201. The van der Waals surface area contributed by atoms with Gasteiger partial charge in [-0.05, 0) is 41.7 Å². The standard InChI is InChI=1S/C20H26N2O2/c1-4-17-7-5-6-8-19(17)21-20(24)22(13-15(2)3)14-16-9-11-18(23)12-10-16/h5-12,15,23H,4,13-14H2,1-3H3,(H,21,24). The van der Waals surface area contributed by atoms with E-state index in [0.29, 0.717) is 19.0 Å². The van der Waals surface area contributed by atoms with Gasteiger partial charge in [-0.25, -0.2) is 4.79 Å². The number of amides is 2. The van der Waals surface area contributed by atoms with Gasteiger partial charge in [0.25, 0.3) is 0 Å². The minimum absolute atomic E-state index is 0.0994. The van der Waals surface area contributed by atoms with Crippen molar-refractivity contribution in [2.45, 2.75) is 33.7 Å². The Morgan fingerprint density at radius 1 is 1.12 bits per heavy atom. The number of para-hydroxylation sites is 1. The lowest BCUT2D eigenvalue weighted by Crippen LogP contribution is -2.37. The van der Waals surface area contributed by atoms with Gasteiger partial charge in [-0.15, -0.1) is 0 Å². The van der Waals surface area contributed by atoms with Gasteiger partial charge in [0.05, 0.1) is 0 Å². The molecule has 2 aromatic carbocycles. The molecule has 0 spiro atoms. The van der Waals surface area contributed by atoms with Gasteiger partial charge in [0.1, 0.15) is 5.75 Å². The number of hydrogen-bond acceptors (Lipinski definition) is 2. The number of hydrogen-bond donors (Lipinski definition) is 2. The highest BCUT2D eigenvalue weighted by Crippen LogP contribution is 2.18. The van der Waals surface area contributed by atoms with Gasteiger partial charge in [-0.1, -0.05) is 51.1 Å². The Balaban J connectivity index is 2.14. The molecule has 0 saturated carbocycles. The molecule has 24 heavy (non-hydrogen) atoms. The lowest BCUT2D eigenvalue weighted by atomic mass is 10.1. The Labute approximate surface area is 144 Å². The van der Waals surface area contributed by atoms with E-state index in [9.17, 15) is 9.90 Å². The molecular formula is C20H26N2O2. The van der Waals surface area contributed by atoms with Crippen molar-refractivity contribution in [3.05, 3.63) is 59.7 Å². The van der Waals surface area contributed by atoms with Crippen molar-refractivity contribution in [1.82, 2.24) is 4.90 Å². The third kappa shape index (κ3) is 5.01. The topological polar surface area (TPSA) is 52.6 Å². The summed E-state index contributed by atoms with van der Waals surface area (Å²) in [6.45, 7) is 7.45. The van der Waals surface area contributed by atoms with Gasteiger partial charge in [0.15, 0.2) is 0 Å². The van der Waals surface area contributed by atoms with Gasteiger partial charge < -0.3 is 15.3 Å². The summed E-state index contributed by atoms with van der Waals surface area (Å²) in [6, 6.07) is 14.8.